The molecule has 17 amide bonds. The number of rotatable bonds is 27. The molecule has 135 heavy (non-hydrogen) atoms. The fraction of sp³-hybridized carbons (Fsp3) is 0.495. The number of guanidine groups is 1. The van der Waals surface area contributed by atoms with Gasteiger partial charge < -0.3 is 115 Å². The highest BCUT2D eigenvalue weighted by molar-refractivity contribution is 8.00. The van der Waals surface area contributed by atoms with Crippen LogP contribution >= 0.6 is 11.8 Å². The fourth-order valence-corrected chi connectivity index (χ4v) is 16.8. The van der Waals surface area contributed by atoms with Gasteiger partial charge in [0, 0.05) is 102 Å². The maximum atomic E-state index is 15.7. The molecule has 2 fully saturated rings. The summed E-state index contributed by atoms with van der Waals surface area (Å²) in [6, 6.07) is 12.2. The molecule has 0 saturated carbocycles. The number of hydrogen-bond donors (Lipinski definition) is 18. The molecule has 6 aromatic rings. The summed E-state index contributed by atoms with van der Waals surface area (Å²) in [6.07, 6.45) is 4.38. The number of aliphatic hydroxyl groups excluding tert-OH is 1. The first-order valence-electron chi connectivity index (χ1n) is 45.3. The predicted molar refractivity (Wildman–Crippen MR) is 503 cm³/mol. The summed E-state index contributed by atoms with van der Waals surface area (Å²) in [5.74, 6) is -17.1. The summed E-state index contributed by atoms with van der Waals surface area (Å²) in [5, 5.41) is 48.9. The lowest BCUT2D eigenvalue weighted by Gasteiger charge is -2.36. The number of imidazole rings is 1. The molecular formula is C93H129N23O18S. The van der Waals surface area contributed by atoms with E-state index in [0.717, 1.165) is 47.4 Å². The number of aliphatic hydroxyl groups is 1. The van der Waals surface area contributed by atoms with E-state index in [1.807, 2.05) is 44.2 Å². The average molecular weight is 1890 g/mol. The van der Waals surface area contributed by atoms with Gasteiger partial charge in [0.15, 0.2) is 5.96 Å². The lowest BCUT2D eigenvalue weighted by atomic mass is 9.99. The van der Waals surface area contributed by atoms with E-state index in [1.165, 1.54) is 47.6 Å². The zero-order valence-electron chi connectivity index (χ0n) is 77.7. The number of nitrogens with two attached hydrogens (primary N) is 3. The standard InChI is InChI=1S/C93H129N23O18S/c1-10-12-31-73-86(128)105-64(30-22-38-99-93(96)97)82(124)111-72(81(123)101-48-77(95)119)51-135-52-79(121)104-68(42-56-24-16-14-17-25-56)89(131)113(7)55(5)80(122)107-70(45-76(94)118)91(133)116-39-23-33-74(116)87(129)106-66(44-61-47-98-53-102-61)84(126)108-67(40-54(3)4)88(130)112(6)49-78(120)103-65(41-57-34-36-59(37-35-57)58-26-18-15-19-27-58)83(125)110-71(50-117)85(127)109-69(43-60-46-100-63-29-21-20-28-62(60)63)90(132)115(9)75(32-13-11-2)92(134)114(73)8/h14-21,24-29,34-37,46-47,53-55,64-75,100,117H,10-13,22-23,30-33,38-45,48-52H2,1-9H3,(H2,94,118)(H2,95,119)(H,98,102)(H,101,123)(H,103,120)(H,104,121)(H,105,128)(H,106,129)(H,107,122)(H,108,126)(H,109,127)(H,110,125)(H,111,124)(H4,96,97,99). The number of likely N-dealkylation sites (N-methyl/N-ethyl adjacent to an activating group) is 4. The van der Waals surface area contributed by atoms with Gasteiger partial charge in [0.05, 0.1) is 38.2 Å². The minimum absolute atomic E-state index is 0.000510. The molecule has 41 nitrogen and oxygen atoms in total. The molecule has 2 saturated heterocycles. The van der Waals surface area contributed by atoms with Gasteiger partial charge in [-0.25, -0.2) is 4.98 Å². The van der Waals surface area contributed by atoms with Gasteiger partial charge in [-0.3, -0.25) is 86.9 Å². The molecule has 0 aliphatic carbocycles. The Hall–Kier alpha value is -13.8. The predicted octanol–water partition coefficient (Wildman–Crippen LogP) is -0.952. The summed E-state index contributed by atoms with van der Waals surface area (Å²) in [4.78, 5) is 264. The molecule has 0 bridgehead atoms. The van der Waals surface area contributed by atoms with Crippen LogP contribution in [0.3, 0.4) is 0 Å². The molecule has 4 heterocycles. The van der Waals surface area contributed by atoms with Crippen LogP contribution in [0.15, 0.2) is 128 Å². The molecule has 13 unspecified atom stereocenters. The summed E-state index contributed by atoms with van der Waals surface area (Å²) in [6.45, 7) is 5.93. The molecule has 42 heteroatoms. The number of thioether (sulfide) groups is 1. The number of nitrogens with zero attached hydrogens (tertiary/aromatic N) is 6. The summed E-state index contributed by atoms with van der Waals surface area (Å²) >= 11 is 0.795. The first-order valence-corrected chi connectivity index (χ1v) is 46.4. The highest BCUT2D eigenvalue weighted by Crippen LogP contribution is 2.26. The van der Waals surface area contributed by atoms with Crippen molar-refractivity contribution >= 4 is 129 Å². The molecule has 730 valence electrons. The van der Waals surface area contributed by atoms with Gasteiger partial charge >= 0.3 is 0 Å². The second-order valence-electron chi connectivity index (χ2n) is 34.4. The van der Waals surface area contributed by atoms with E-state index < -0.39 is 223 Å². The Kier molecular flexibility index (Phi) is 41.5. The van der Waals surface area contributed by atoms with E-state index in [9.17, 15) is 62.6 Å². The Labute approximate surface area is 788 Å². The van der Waals surface area contributed by atoms with Crippen molar-refractivity contribution in [3.8, 4) is 11.1 Å². The van der Waals surface area contributed by atoms with Gasteiger partial charge in [0.2, 0.25) is 100 Å². The van der Waals surface area contributed by atoms with Gasteiger partial charge in [0.25, 0.3) is 0 Å². The van der Waals surface area contributed by atoms with E-state index in [0.29, 0.717) is 59.0 Å². The Balaban J connectivity index is 1.19. The number of H-pyrrole nitrogens is 2. The third-order valence-corrected chi connectivity index (χ3v) is 24.6. The number of aromatic nitrogens is 3. The van der Waals surface area contributed by atoms with Gasteiger partial charge in [-0.2, -0.15) is 0 Å². The minimum Gasteiger partial charge on any atom is -0.394 e. The highest BCUT2D eigenvalue weighted by Gasteiger charge is 2.44. The van der Waals surface area contributed by atoms with Crippen LogP contribution in [-0.2, 0) is 107 Å². The van der Waals surface area contributed by atoms with Gasteiger partial charge in [-0.05, 0) is 91.7 Å². The summed E-state index contributed by atoms with van der Waals surface area (Å²) in [7, 11) is 5.26. The smallest absolute Gasteiger partial charge is 0.246 e. The average Bonchev–Trinajstić information content (AvgIpc) is 1.80. The van der Waals surface area contributed by atoms with Crippen molar-refractivity contribution in [3.63, 3.8) is 0 Å². The van der Waals surface area contributed by atoms with E-state index in [2.05, 4.69) is 73.4 Å². The van der Waals surface area contributed by atoms with Crippen molar-refractivity contribution in [2.75, 3.05) is 72.5 Å². The van der Waals surface area contributed by atoms with Crippen LogP contribution < -0.4 is 75.7 Å². The Morgan fingerprint density at radius 2 is 1.09 bits per heavy atom. The first-order chi connectivity index (χ1) is 64.4. The number of hydrogen-bond acceptors (Lipinski definition) is 21. The number of carbonyl (C=O) groups excluding carboxylic acids is 17. The van der Waals surface area contributed by atoms with Crippen molar-refractivity contribution in [3.05, 3.63) is 150 Å². The fourth-order valence-electron chi connectivity index (χ4n) is 16.0. The Morgan fingerprint density at radius 3 is 1.73 bits per heavy atom. The van der Waals surface area contributed by atoms with Crippen LogP contribution in [0.25, 0.3) is 22.0 Å². The molecule has 13 atom stereocenters. The van der Waals surface area contributed by atoms with Crippen LogP contribution in [0.5, 0.6) is 0 Å². The zero-order chi connectivity index (χ0) is 98.7. The zero-order valence-corrected chi connectivity index (χ0v) is 78.5. The minimum atomic E-state index is -1.85. The van der Waals surface area contributed by atoms with E-state index in [1.54, 1.807) is 98.9 Å². The Bertz CT molecular complexity index is 5110. The summed E-state index contributed by atoms with van der Waals surface area (Å²) in [5.41, 5.74) is 21.1. The third-order valence-electron chi connectivity index (χ3n) is 23.5. The van der Waals surface area contributed by atoms with Gasteiger partial charge in [0.1, 0.15) is 78.5 Å². The molecule has 8 rings (SSSR count). The van der Waals surface area contributed by atoms with Crippen molar-refractivity contribution in [1.82, 2.24) is 97.9 Å². The number of aromatic amines is 2. The molecular weight excluding hydrogens is 1760 g/mol. The maximum absolute atomic E-state index is 15.7. The quantitative estimate of drug-likeness (QED) is 0.0168. The number of amides is 17. The van der Waals surface area contributed by atoms with Crippen LogP contribution in [0, 0.1) is 11.3 Å². The number of nitrogens with one attached hydrogen (secondary N) is 14. The van der Waals surface area contributed by atoms with Crippen LogP contribution in [0.1, 0.15) is 134 Å². The SMILES string of the molecule is CCCCC1C(=O)N(C)C(CCCC)C(=O)NC(CCCNC(=N)N)C(=O)NC(C(=O)NCC(N)=O)CSCC(=O)NC(Cc2ccccc2)C(=O)N(C)C(C)C(=O)NC(CC(N)=O)C(=O)N2CCCC2C(=O)NC(Cc2cnc[nH]2)C(=O)NC(CC(C)C)C(=O)N(C)CC(=O)NC(Cc2ccc(-c3ccccc3)cc2)C(=O)NC(CO)C(=O)NC(Cc2c[nH]c3ccccc23)C(=O)N1C. The number of unbranched alkanes of at least 4 members (excludes halogenated alkanes) is 2. The molecule has 0 radical (unpaired) electrons. The van der Waals surface area contributed by atoms with E-state index in [4.69, 9.17) is 22.6 Å². The first kappa shape index (κ1) is 107. The second kappa shape index (κ2) is 52.6. The van der Waals surface area contributed by atoms with Crippen molar-refractivity contribution in [1.29, 1.82) is 5.41 Å². The topological polar surface area (TPSA) is 605 Å². The number of para-hydroxylation sites is 1. The molecule has 0 spiro atoms. The monoisotopic (exact) mass is 1890 g/mol. The largest absolute Gasteiger partial charge is 0.394 e. The second-order valence-corrected chi connectivity index (χ2v) is 35.4. The number of benzene rings is 4. The van der Waals surface area contributed by atoms with E-state index >= 15 is 24.0 Å². The molecule has 2 aliphatic heterocycles. The highest BCUT2D eigenvalue weighted by atomic mass is 32.2. The molecule has 4 aromatic carbocycles. The number of carbonyl (C=O) groups is 17. The van der Waals surface area contributed by atoms with Crippen molar-refractivity contribution in [2.24, 2.45) is 23.1 Å². The molecule has 21 N–H and O–H groups in total. The van der Waals surface area contributed by atoms with Crippen LogP contribution in [0.4, 0.5) is 0 Å². The van der Waals surface area contributed by atoms with E-state index in [-0.39, 0.29) is 89.6 Å². The lowest BCUT2D eigenvalue weighted by molar-refractivity contribution is -0.149. The van der Waals surface area contributed by atoms with Crippen LogP contribution in [-0.4, -0.2) is 302 Å². The van der Waals surface area contributed by atoms with Crippen LogP contribution in [0.2, 0.25) is 0 Å². The molecule has 2 aliphatic rings. The van der Waals surface area contributed by atoms with Crippen molar-refractivity contribution < 1.29 is 86.6 Å². The van der Waals surface area contributed by atoms with Gasteiger partial charge in [-0.1, -0.05) is 157 Å². The molecule has 2 aromatic heterocycles. The number of primary amides is 2. The maximum Gasteiger partial charge on any atom is 0.246 e. The Morgan fingerprint density at radius 1 is 0.533 bits per heavy atom. The lowest BCUT2D eigenvalue weighted by Crippen LogP contribution is -2.61. The van der Waals surface area contributed by atoms with Crippen molar-refractivity contribution in [2.45, 2.75) is 216 Å². The normalized spacial score (nSPS) is 23.2. The summed E-state index contributed by atoms with van der Waals surface area (Å²) < 4.78 is 0. The number of fused-ring (bicyclic) bond motifs is 2. The van der Waals surface area contributed by atoms with Gasteiger partial charge in [-0.15, -0.1) is 11.8 Å². The third kappa shape index (κ3) is 32.0.